The summed E-state index contributed by atoms with van der Waals surface area (Å²) in [4.78, 5) is 19.6. The first-order chi connectivity index (χ1) is 12.1. The molecule has 3 heterocycles. The summed E-state index contributed by atoms with van der Waals surface area (Å²) in [5, 5.41) is 4.30. The predicted octanol–water partition coefficient (Wildman–Crippen LogP) is 1.84. The summed E-state index contributed by atoms with van der Waals surface area (Å²) in [6.07, 6.45) is 9.00. The fraction of sp³-hybridized carbons (Fsp3) is 0.611. The molecule has 3 atom stereocenters. The van der Waals surface area contributed by atoms with Gasteiger partial charge in [0.05, 0.1) is 23.9 Å². The van der Waals surface area contributed by atoms with Crippen molar-refractivity contribution in [3.8, 4) is 0 Å². The highest BCUT2D eigenvalue weighted by Gasteiger charge is 2.52. The van der Waals surface area contributed by atoms with Crippen LogP contribution in [-0.2, 0) is 9.47 Å². The molecule has 0 aromatic carbocycles. The lowest BCUT2D eigenvalue weighted by Gasteiger charge is -2.43. The number of hydrogen-bond acceptors (Lipinski definition) is 5. The first kappa shape index (κ1) is 16.5. The molecule has 0 spiro atoms. The van der Waals surface area contributed by atoms with E-state index < -0.39 is 0 Å². The van der Waals surface area contributed by atoms with E-state index in [9.17, 15) is 4.79 Å². The van der Waals surface area contributed by atoms with Crippen LogP contribution in [0.5, 0.6) is 0 Å². The van der Waals surface area contributed by atoms with E-state index in [1.165, 1.54) is 0 Å². The number of ether oxygens (including phenoxy) is 2. The van der Waals surface area contributed by atoms with E-state index in [2.05, 4.69) is 10.1 Å². The van der Waals surface area contributed by atoms with Crippen LogP contribution >= 0.6 is 0 Å². The average Bonchev–Trinajstić information content (AvgIpc) is 3.22. The van der Waals surface area contributed by atoms with Crippen LogP contribution in [0.3, 0.4) is 0 Å². The summed E-state index contributed by atoms with van der Waals surface area (Å²) in [6, 6.07) is 0.0316. The molecule has 1 aliphatic carbocycles. The fourth-order valence-electron chi connectivity index (χ4n) is 4.39. The molecule has 25 heavy (non-hydrogen) atoms. The van der Waals surface area contributed by atoms with E-state index in [0.29, 0.717) is 17.8 Å². The molecule has 2 aliphatic rings. The second-order valence-electron chi connectivity index (χ2n) is 7.12. The molecule has 0 N–H and O–H groups in total. The summed E-state index contributed by atoms with van der Waals surface area (Å²) < 4.78 is 13.1. The van der Waals surface area contributed by atoms with Crippen molar-refractivity contribution < 1.29 is 14.3 Å². The minimum Gasteiger partial charge on any atom is -0.381 e. The van der Waals surface area contributed by atoms with Crippen LogP contribution in [0.25, 0.3) is 5.65 Å². The van der Waals surface area contributed by atoms with Crippen molar-refractivity contribution in [2.75, 3.05) is 20.8 Å². The Morgan fingerprint density at radius 3 is 2.92 bits per heavy atom. The van der Waals surface area contributed by atoms with Crippen molar-refractivity contribution in [2.45, 2.75) is 50.4 Å². The van der Waals surface area contributed by atoms with Gasteiger partial charge in [0, 0.05) is 33.2 Å². The van der Waals surface area contributed by atoms with Gasteiger partial charge >= 0.3 is 0 Å². The van der Waals surface area contributed by atoms with Gasteiger partial charge in [-0.05, 0) is 38.2 Å². The van der Waals surface area contributed by atoms with E-state index in [0.717, 1.165) is 31.2 Å². The van der Waals surface area contributed by atoms with Crippen LogP contribution in [-0.4, -0.2) is 63.9 Å². The fourth-order valence-corrected chi connectivity index (χ4v) is 4.39. The van der Waals surface area contributed by atoms with Crippen molar-refractivity contribution in [3.05, 3.63) is 29.7 Å². The summed E-state index contributed by atoms with van der Waals surface area (Å²) in [7, 11) is 3.50. The Bertz CT molecular complexity index is 805. The maximum Gasteiger partial charge on any atom is 0.259 e. The standard InChI is InChI=1S/C18H24N4O3/c1-12-9-19-16-14(10-20-22(16)11-12)17(23)21-7-6-18(25-3)5-4-13(24-2)8-15(18)21/h9-11,13,15H,4-8H2,1-3H3/t13-,15+,18-/m1/s1. The zero-order valence-corrected chi connectivity index (χ0v) is 14.9. The molecular weight excluding hydrogens is 320 g/mol. The second kappa shape index (κ2) is 6.07. The molecular formula is C18H24N4O3. The monoisotopic (exact) mass is 344 g/mol. The SMILES string of the molecule is CO[C@@H]1CC[C@@]2(OC)CCN(C(=O)c3cnn4cc(C)cnc34)[C@H]2C1. The van der Waals surface area contributed by atoms with Crippen LogP contribution in [0.4, 0.5) is 0 Å². The van der Waals surface area contributed by atoms with E-state index in [4.69, 9.17) is 9.47 Å². The zero-order chi connectivity index (χ0) is 17.6. The number of aromatic nitrogens is 3. The lowest BCUT2D eigenvalue weighted by atomic mass is 9.79. The van der Waals surface area contributed by atoms with Gasteiger partial charge in [-0.2, -0.15) is 5.10 Å². The third-order valence-corrected chi connectivity index (χ3v) is 5.85. The van der Waals surface area contributed by atoms with Gasteiger partial charge in [-0.1, -0.05) is 0 Å². The Morgan fingerprint density at radius 2 is 2.16 bits per heavy atom. The van der Waals surface area contributed by atoms with Gasteiger partial charge < -0.3 is 14.4 Å². The Labute approximate surface area is 146 Å². The summed E-state index contributed by atoms with van der Waals surface area (Å²) >= 11 is 0. The molecule has 1 saturated heterocycles. The lowest BCUT2D eigenvalue weighted by Crippen LogP contribution is -2.53. The van der Waals surface area contributed by atoms with Gasteiger partial charge in [0.2, 0.25) is 0 Å². The van der Waals surface area contributed by atoms with Crippen LogP contribution in [0.15, 0.2) is 18.6 Å². The maximum atomic E-state index is 13.3. The molecule has 7 heteroatoms. The number of carbonyl (C=O) groups is 1. The van der Waals surface area contributed by atoms with Gasteiger partial charge in [0.25, 0.3) is 5.91 Å². The number of hydrogen-bond donors (Lipinski definition) is 0. The molecule has 134 valence electrons. The minimum absolute atomic E-state index is 0.0213. The molecule has 1 aliphatic heterocycles. The summed E-state index contributed by atoms with van der Waals surface area (Å²) in [5.74, 6) is -0.0213. The van der Waals surface area contributed by atoms with E-state index in [1.807, 2.05) is 18.0 Å². The highest BCUT2D eigenvalue weighted by molar-refractivity contribution is 6.00. The van der Waals surface area contributed by atoms with Gasteiger partial charge in [-0.15, -0.1) is 0 Å². The van der Waals surface area contributed by atoms with Crippen LogP contribution in [0.2, 0.25) is 0 Å². The molecule has 4 rings (SSSR count). The van der Waals surface area contributed by atoms with E-state index in [1.54, 1.807) is 31.1 Å². The van der Waals surface area contributed by atoms with Gasteiger partial charge in [0.1, 0.15) is 5.56 Å². The summed E-state index contributed by atoms with van der Waals surface area (Å²) in [6.45, 7) is 2.65. The topological polar surface area (TPSA) is 69.0 Å². The quantitative estimate of drug-likeness (QED) is 0.850. The van der Waals surface area contributed by atoms with Crippen LogP contribution < -0.4 is 0 Å². The highest BCUT2D eigenvalue weighted by Crippen LogP contribution is 2.43. The Morgan fingerprint density at radius 1 is 1.32 bits per heavy atom. The van der Waals surface area contributed by atoms with Crippen LogP contribution in [0, 0.1) is 6.92 Å². The van der Waals surface area contributed by atoms with Crippen molar-refractivity contribution in [1.82, 2.24) is 19.5 Å². The number of nitrogens with zero attached hydrogens (tertiary/aromatic N) is 4. The third-order valence-electron chi connectivity index (χ3n) is 5.85. The maximum absolute atomic E-state index is 13.3. The molecule has 7 nitrogen and oxygen atoms in total. The van der Waals surface area contributed by atoms with Crippen molar-refractivity contribution in [1.29, 1.82) is 0 Å². The number of rotatable bonds is 3. The number of carbonyl (C=O) groups excluding carboxylic acids is 1. The van der Waals surface area contributed by atoms with Crippen LogP contribution in [0.1, 0.15) is 41.6 Å². The Hall–Kier alpha value is -1.99. The first-order valence-electron chi connectivity index (χ1n) is 8.77. The Kier molecular flexibility index (Phi) is 4.00. The Balaban J connectivity index is 1.67. The number of methoxy groups -OCH3 is 2. The van der Waals surface area contributed by atoms with Crippen molar-refractivity contribution >= 4 is 11.6 Å². The molecule has 1 saturated carbocycles. The summed E-state index contributed by atoms with van der Waals surface area (Å²) in [5.41, 5.74) is 1.90. The van der Waals surface area contributed by atoms with E-state index in [-0.39, 0.29) is 23.7 Å². The number of aryl methyl sites for hydroxylation is 1. The molecule has 2 fully saturated rings. The van der Waals surface area contributed by atoms with Gasteiger partial charge in [-0.25, -0.2) is 9.50 Å². The normalized spacial score (nSPS) is 29.2. The van der Waals surface area contributed by atoms with E-state index >= 15 is 0 Å². The number of likely N-dealkylation sites (tertiary alicyclic amines) is 1. The first-order valence-corrected chi connectivity index (χ1v) is 8.77. The largest absolute Gasteiger partial charge is 0.381 e. The molecule has 0 unspecified atom stereocenters. The lowest BCUT2D eigenvalue weighted by molar-refractivity contribution is -0.0893. The number of fused-ring (bicyclic) bond motifs is 2. The molecule has 1 amide bonds. The molecule has 0 bridgehead atoms. The van der Waals surface area contributed by atoms with Gasteiger partial charge in [0.15, 0.2) is 5.65 Å². The van der Waals surface area contributed by atoms with Crippen molar-refractivity contribution in [3.63, 3.8) is 0 Å². The third kappa shape index (κ3) is 2.53. The predicted molar refractivity (Wildman–Crippen MR) is 91.6 cm³/mol. The minimum atomic E-state index is -0.252. The zero-order valence-electron chi connectivity index (χ0n) is 14.9. The molecule has 0 radical (unpaired) electrons. The molecule has 2 aromatic rings. The average molecular weight is 344 g/mol. The van der Waals surface area contributed by atoms with Crippen molar-refractivity contribution in [2.24, 2.45) is 0 Å². The molecule has 2 aromatic heterocycles. The number of amides is 1. The smallest absolute Gasteiger partial charge is 0.259 e. The van der Waals surface area contributed by atoms with Gasteiger partial charge in [-0.3, -0.25) is 4.79 Å². The highest BCUT2D eigenvalue weighted by atomic mass is 16.5. The second-order valence-corrected chi connectivity index (χ2v) is 7.12.